The minimum Gasteiger partial charge on any atom is -0.393 e. The van der Waals surface area contributed by atoms with Gasteiger partial charge in [0, 0.05) is 19.3 Å². The number of fused-ring (bicyclic) bond motifs is 5. The van der Waals surface area contributed by atoms with Gasteiger partial charge >= 0.3 is 0 Å². The largest absolute Gasteiger partial charge is 0.393 e. The minimum atomic E-state index is -1.16. The number of hydrogen-bond donors (Lipinski definition) is 8. The molecule has 15 atom stereocenters. The van der Waals surface area contributed by atoms with E-state index in [0.29, 0.717) is 36.5 Å². The normalized spacial score (nSPS) is 29.7. The van der Waals surface area contributed by atoms with Crippen LogP contribution in [0.4, 0.5) is 0 Å². The smallest absolute Gasteiger partial charge is 0.243 e. The van der Waals surface area contributed by atoms with Crippen LogP contribution in [0.2, 0.25) is 0 Å². The van der Waals surface area contributed by atoms with E-state index in [9.17, 15) is 39.0 Å². The Hall–Kier alpha value is -4.82. The lowest BCUT2D eigenvalue weighted by atomic mass is 9.43. The van der Waals surface area contributed by atoms with Gasteiger partial charge in [0.25, 0.3) is 0 Å². The zero-order valence-electron chi connectivity index (χ0n) is 43.0. The van der Waals surface area contributed by atoms with Crippen LogP contribution < -0.4 is 32.3 Å². The summed E-state index contributed by atoms with van der Waals surface area (Å²) >= 11 is 0. The minimum absolute atomic E-state index is 0.0455. The van der Waals surface area contributed by atoms with E-state index in [1.807, 2.05) is 74.5 Å². The molecule has 0 bridgehead atoms. The SMILES string of the molecule is CC(C)C[C@@H](NC(=O)CCC(C)[C@H]1CC[C@H]2[C@@H]3[C@H](O)C[C@@H]4C[C@H](O)CC[C@]4(C)[C@H]3CC[C@]12C)C(=O)N[C@@H](C(=O)N[C@H](Cc1ccccc1)C(=O)N[C@H](Cc1ccccc1)C(=O)N[C@H](C)C(N)=O)C(C)C. The van der Waals surface area contributed by atoms with Crippen molar-refractivity contribution in [3.63, 3.8) is 0 Å². The van der Waals surface area contributed by atoms with E-state index in [0.717, 1.165) is 62.5 Å². The Morgan fingerprint density at radius 2 is 1.19 bits per heavy atom. The molecule has 0 spiro atoms. The van der Waals surface area contributed by atoms with Crippen LogP contribution in [0.5, 0.6) is 0 Å². The monoisotopic (exact) mass is 969 g/mol. The molecule has 9 N–H and O–H groups in total. The summed E-state index contributed by atoms with van der Waals surface area (Å²) < 4.78 is 0. The lowest BCUT2D eigenvalue weighted by molar-refractivity contribution is -0.174. The van der Waals surface area contributed by atoms with Crippen LogP contribution in [0.1, 0.15) is 137 Å². The molecule has 0 aliphatic heterocycles. The first-order valence-electron chi connectivity index (χ1n) is 26.3. The second-order valence-electron chi connectivity index (χ2n) is 23.1. The summed E-state index contributed by atoms with van der Waals surface area (Å²) in [5.74, 6) is -1.45. The van der Waals surface area contributed by atoms with Crippen LogP contribution in [0, 0.1) is 58.2 Å². The maximum Gasteiger partial charge on any atom is 0.243 e. The Kier molecular flexibility index (Phi) is 18.4. The molecule has 386 valence electrons. The van der Waals surface area contributed by atoms with Crippen LogP contribution in [0.3, 0.4) is 0 Å². The standard InChI is InChI=1S/C56H84N6O8/c1-32(2)27-43(59-47(65)22-19-34(5)40-20-21-41-48-42(24-26-56(40,41)8)55(7)25-23-39(63)30-38(55)31-46(48)64)53(69)62-49(33(3)4)54(70)61-45(29-37-17-13-10-14-18-37)52(68)60-44(28-36-15-11-9-12-16-36)51(67)58-35(6)50(57)66/h9-18,32-35,38-46,48-49,63-64H,19-31H2,1-8H3,(H2,57,66)(H,58,67)(H,59,65)(H,60,68)(H,61,70)(H,62,69)/t34?,35-,38+,39-,40-,41+,42+,43-,44-,45-,46-,48+,49-,55+,56-/m1/s1. The summed E-state index contributed by atoms with van der Waals surface area (Å²) in [7, 11) is 0. The molecular formula is C56H84N6O8. The molecule has 2 aromatic carbocycles. The van der Waals surface area contributed by atoms with Crippen molar-refractivity contribution in [1.82, 2.24) is 26.6 Å². The maximum atomic E-state index is 14.3. The van der Waals surface area contributed by atoms with E-state index in [1.165, 1.54) is 6.92 Å². The highest BCUT2D eigenvalue weighted by Gasteiger charge is 2.63. The Morgan fingerprint density at radius 3 is 1.76 bits per heavy atom. The van der Waals surface area contributed by atoms with Crippen molar-refractivity contribution in [3.05, 3.63) is 71.8 Å². The van der Waals surface area contributed by atoms with Gasteiger partial charge in [0.2, 0.25) is 35.4 Å². The summed E-state index contributed by atoms with van der Waals surface area (Å²) in [5, 5.41) is 36.4. The summed E-state index contributed by atoms with van der Waals surface area (Å²) in [6.07, 6.45) is 8.67. The Morgan fingerprint density at radius 1 is 0.643 bits per heavy atom. The van der Waals surface area contributed by atoms with Crippen molar-refractivity contribution in [3.8, 4) is 0 Å². The molecule has 4 saturated carbocycles. The third kappa shape index (κ3) is 13.0. The van der Waals surface area contributed by atoms with Crippen molar-refractivity contribution < 1.29 is 39.0 Å². The van der Waals surface area contributed by atoms with E-state index < -0.39 is 65.7 Å². The van der Waals surface area contributed by atoms with Crippen molar-refractivity contribution in [2.24, 2.45) is 63.9 Å². The lowest BCUT2D eigenvalue weighted by Gasteiger charge is -2.62. The molecule has 0 aromatic heterocycles. The molecule has 14 heteroatoms. The fraction of sp³-hybridized carbons (Fsp3) is 0.679. The zero-order chi connectivity index (χ0) is 51.1. The zero-order valence-corrected chi connectivity index (χ0v) is 43.0. The van der Waals surface area contributed by atoms with E-state index in [2.05, 4.69) is 47.4 Å². The van der Waals surface area contributed by atoms with Crippen LogP contribution in [-0.4, -0.2) is 88.1 Å². The molecule has 4 fully saturated rings. The van der Waals surface area contributed by atoms with Gasteiger partial charge in [-0.1, -0.05) is 109 Å². The second kappa shape index (κ2) is 23.6. The van der Waals surface area contributed by atoms with Gasteiger partial charge in [0.1, 0.15) is 30.2 Å². The van der Waals surface area contributed by atoms with Gasteiger partial charge in [-0.3, -0.25) is 28.8 Å². The third-order valence-electron chi connectivity index (χ3n) is 17.5. The van der Waals surface area contributed by atoms with E-state index in [1.54, 1.807) is 13.8 Å². The molecule has 4 aliphatic rings. The average molecular weight is 969 g/mol. The van der Waals surface area contributed by atoms with Crippen LogP contribution >= 0.6 is 0 Å². The number of primary amides is 1. The van der Waals surface area contributed by atoms with Crippen LogP contribution in [0.15, 0.2) is 60.7 Å². The number of nitrogens with one attached hydrogen (secondary N) is 5. The number of aliphatic hydroxyl groups excluding tert-OH is 2. The first kappa shape index (κ1) is 54.5. The predicted octanol–water partition coefficient (Wildman–Crippen LogP) is 5.51. The first-order valence-corrected chi connectivity index (χ1v) is 26.3. The number of benzene rings is 2. The quantitative estimate of drug-likeness (QED) is 0.0794. The maximum absolute atomic E-state index is 14.3. The number of rotatable bonds is 21. The Labute approximate surface area is 416 Å². The number of nitrogens with two attached hydrogens (primary N) is 1. The van der Waals surface area contributed by atoms with Gasteiger partial charge in [0.15, 0.2) is 0 Å². The highest BCUT2D eigenvalue weighted by atomic mass is 16.3. The number of carbonyl (C=O) groups excluding carboxylic acids is 6. The highest BCUT2D eigenvalue weighted by molar-refractivity contribution is 5.96. The molecule has 4 aliphatic carbocycles. The van der Waals surface area contributed by atoms with Crippen LogP contribution in [-0.2, 0) is 41.6 Å². The predicted molar refractivity (Wildman–Crippen MR) is 270 cm³/mol. The number of carbonyl (C=O) groups is 6. The molecular weight excluding hydrogens is 885 g/mol. The summed E-state index contributed by atoms with van der Waals surface area (Å²) in [6, 6.07) is 13.0. The Balaban J connectivity index is 1.09. The van der Waals surface area contributed by atoms with Crippen molar-refractivity contribution >= 4 is 35.4 Å². The van der Waals surface area contributed by atoms with Gasteiger partial charge in [-0.05, 0) is 140 Å². The highest BCUT2D eigenvalue weighted by Crippen LogP contribution is 2.68. The number of aliphatic hydroxyl groups is 2. The Bertz CT molecular complexity index is 2120. The molecule has 0 radical (unpaired) electrons. The van der Waals surface area contributed by atoms with Crippen molar-refractivity contribution in [2.45, 2.75) is 181 Å². The van der Waals surface area contributed by atoms with Crippen molar-refractivity contribution in [2.75, 3.05) is 0 Å². The molecule has 70 heavy (non-hydrogen) atoms. The summed E-state index contributed by atoms with van der Waals surface area (Å²) in [5.41, 5.74) is 7.18. The van der Waals surface area contributed by atoms with Gasteiger partial charge < -0.3 is 42.5 Å². The topological polar surface area (TPSA) is 229 Å². The fourth-order valence-corrected chi connectivity index (χ4v) is 13.5. The summed E-state index contributed by atoms with van der Waals surface area (Å²) in [4.78, 5) is 81.9. The molecule has 6 rings (SSSR count). The van der Waals surface area contributed by atoms with Gasteiger partial charge in [0.05, 0.1) is 12.2 Å². The third-order valence-corrected chi connectivity index (χ3v) is 17.5. The molecule has 1 unspecified atom stereocenters. The molecule has 6 amide bonds. The second-order valence-corrected chi connectivity index (χ2v) is 23.1. The van der Waals surface area contributed by atoms with Gasteiger partial charge in [-0.25, -0.2) is 0 Å². The summed E-state index contributed by atoms with van der Waals surface area (Å²) in [6.45, 7) is 16.1. The fourth-order valence-electron chi connectivity index (χ4n) is 13.5. The van der Waals surface area contributed by atoms with Gasteiger partial charge in [-0.15, -0.1) is 0 Å². The number of amides is 6. The van der Waals surface area contributed by atoms with Crippen LogP contribution in [0.25, 0.3) is 0 Å². The van der Waals surface area contributed by atoms with Crippen molar-refractivity contribution in [1.29, 1.82) is 0 Å². The molecule has 0 saturated heterocycles. The average Bonchev–Trinajstić information content (AvgIpc) is 3.67. The molecule has 2 aromatic rings. The van der Waals surface area contributed by atoms with E-state index in [4.69, 9.17) is 5.73 Å². The molecule has 0 heterocycles. The number of hydrogen-bond acceptors (Lipinski definition) is 8. The van der Waals surface area contributed by atoms with Gasteiger partial charge in [-0.2, -0.15) is 0 Å². The lowest BCUT2D eigenvalue weighted by Crippen LogP contribution is -2.60. The molecule has 14 nitrogen and oxygen atoms in total. The van der Waals surface area contributed by atoms with E-state index in [-0.39, 0.29) is 66.0 Å². The van der Waals surface area contributed by atoms with E-state index >= 15 is 0 Å². The first-order chi connectivity index (χ1) is 33.1.